The molecular weight excluding hydrogens is 320 g/mol. The lowest BCUT2D eigenvalue weighted by Gasteiger charge is -2.54. The number of esters is 1. The van der Waals surface area contributed by atoms with Crippen molar-refractivity contribution in [1.29, 1.82) is 0 Å². The highest BCUT2D eigenvalue weighted by Crippen LogP contribution is 2.67. The van der Waals surface area contributed by atoms with Crippen molar-refractivity contribution in [2.45, 2.75) is 18.8 Å². The monoisotopic (exact) mass is 346 g/mol. The van der Waals surface area contributed by atoms with Gasteiger partial charge in [-0.25, -0.2) is 4.79 Å². The van der Waals surface area contributed by atoms with Gasteiger partial charge in [0, 0.05) is 12.0 Å². The summed E-state index contributed by atoms with van der Waals surface area (Å²) in [5, 5.41) is 0. The summed E-state index contributed by atoms with van der Waals surface area (Å²) >= 11 is 0. The predicted octanol–water partition coefficient (Wildman–Crippen LogP) is 4.76. The molecule has 2 heteroatoms. The average Bonchev–Trinajstić information content (AvgIpc) is 3.03. The normalized spacial score (nSPS) is 41.7. The molecule has 0 aromatic heterocycles. The van der Waals surface area contributed by atoms with Crippen molar-refractivity contribution in [3.63, 3.8) is 0 Å². The zero-order valence-electron chi connectivity index (χ0n) is 15.2. The van der Waals surface area contributed by atoms with Crippen molar-refractivity contribution in [2.24, 2.45) is 41.4 Å². The maximum atomic E-state index is 11.3. The lowest BCUT2D eigenvalue weighted by molar-refractivity contribution is -0.134. The first-order valence-electron chi connectivity index (χ1n) is 9.94. The Hall–Kier alpha value is -2.09. The number of hydrogen-bond donors (Lipinski definition) is 0. The number of methoxy groups -OCH3 is 1. The maximum absolute atomic E-state index is 11.3. The second-order valence-corrected chi connectivity index (χ2v) is 8.40. The van der Waals surface area contributed by atoms with Crippen LogP contribution in [-0.4, -0.2) is 13.1 Å². The van der Waals surface area contributed by atoms with Crippen LogP contribution in [0.4, 0.5) is 0 Å². The van der Waals surface area contributed by atoms with Crippen molar-refractivity contribution in [3.05, 3.63) is 72.4 Å². The lowest BCUT2D eigenvalue weighted by atomic mass is 9.50. The first-order valence-corrected chi connectivity index (χ1v) is 9.94. The first kappa shape index (κ1) is 16.1. The Labute approximate surface area is 155 Å². The molecule has 8 atom stereocenters. The summed E-state index contributed by atoms with van der Waals surface area (Å²) in [6.45, 7) is 0. The van der Waals surface area contributed by atoms with E-state index in [0.29, 0.717) is 23.7 Å². The van der Waals surface area contributed by atoms with Gasteiger partial charge in [0.05, 0.1) is 7.11 Å². The van der Waals surface area contributed by atoms with Crippen LogP contribution in [0, 0.1) is 41.4 Å². The molecule has 1 aromatic rings. The zero-order valence-corrected chi connectivity index (χ0v) is 15.2. The van der Waals surface area contributed by atoms with Gasteiger partial charge in [-0.2, -0.15) is 0 Å². The van der Waals surface area contributed by atoms with Crippen LogP contribution in [0.1, 0.15) is 24.3 Å². The molecule has 0 saturated heterocycles. The number of benzene rings is 1. The van der Waals surface area contributed by atoms with Crippen LogP contribution < -0.4 is 0 Å². The molecule has 26 heavy (non-hydrogen) atoms. The number of carbonyl (C=O) groups excluding carboxylic acids is 1. The molecule has 0 amide bonds. The lowest BCUT2D eigenvalue weighted by Crippen LogP contribution is -2.49. The van der Waals surface area contributed by atoms with E-state index >= 15 is 0 Å². The Kier molecular flexibility index (Phi) is 3.88. The third-order valence-corrected chi connectivity index (χ3v) is 7.49. The number of carbonyl (C=O) groups is 1. The summed E-state index contributed by atoms with van der Waals surface area (Å²) in [4.78, 5) is 11.3. The van der Waals surface area contributed by atoms with E-state index < -0.39 is 0 Å². The van der Waals surface area contributed by atoms with Gasteiger partial charge in [-0.1, -0.05) is 60.7 Å². The van der Waals surface area contributed by atoms with E-state index in [-0.39, 0.29) is 5.97 Å². The highest BCUT2D eigenvalue weighted by atomic mass is 16.5. The summed E-state index contributed by atoms with van der Waals surface area (Å²) in [5.74, 6) is 5.59. The van der Waals surface area contributed by atoms with Gasteiger partial charge in [0.15, 0.2) is 0 Å². The van der Waals surface area contributed by atoms with Gasteiger partial charge in [0.1, 0.15) is 0 Å². The number of rotatable bonds is 4. The molecule has 0 aliphatic heterocycles. The summed E-state index contributed by atoms with van der Waals surface area (Å²) < 4.78 is 4.71. The van der Waals surface area contributed by atoms with Crippen LogP contribution in [0.5, 0.6) is 0 Å². The summed E-state index contributed by atoms with van der Waals surface area (Å²) in [5.41, 5.74) is 1.45. The maximum Gasteiger partial charge on any atom is 0.330 e. The van der Waals surface area contributed by atoms with Gasteiger partial charge in [0.2, 0.25) is 0 Å². The van der Waals surface area contributed by atoms with Crippen LogP contribution in [0.2, 0.25) is 0 Å². The molecule has 5 rings (SSSR count). The second kappa shape index (κ2) is 6.26. The van der Waals surface area contributed by atoms with Crippen LogP contribution in [0.25, 0.3) is 0 Å². The first-order chi connectivity index (χ1) is 12.8. The summed E-state index contributed by atoms with van der Waals surface area (Å²) in [6, 6.07) is 11.0. The molecule has 0 heterocycles. The second-order valence-electron chi connectivity index (χ2n) is 8.40. The molecule has 0 N–H and O–H groups in total. The van der Waals surface area contributed by atoms with Crippen LogP contribution >= 0.6 is 0 Å². The minimum absolute atomic E-state index is 0.242. The molecular formula is C24H26O2. The van der Waals surface area contributed by atoms with Crippen molar-refractivity contribution in [3.8, 4) is 0 Å². The highest BCUT2D eigenvalue weighted by molar-refractivity contribution is 5.81. The van der Waals surface area contributed by atoms with Gasteiger partial charge in [0.25, 0.3) is 0 Å². The zero-order chi connectivity index (χ0) is 17.7. The van der Waals surface area contributed by atoms with Crippen LogP contribution in [0.15, 0.2) is 66.8 Å². The standard InChI is InChI=1S/C24H26O2/c1-26-22(25)9-5-8-18-20-13-12-19-17(15-6-3-2-4-7-15)11-10-16-14-21(18)24(20)23(16)19/h2-7,9-13,16-21,23-24H,8,14H2,1H3/b9-5+/t16-,17+,18-,19+,20-,21+,23-,24-/m1/s1. The molecule has 2 fully saturated rings. The Morgan fingerprint density at radius 3 is 2.69 bits per heavy atom. The summed E-state index contributed by atoms with van der Waals surface area (Å²) in [6.07, 6.45) is 16.0. The fourth-order valence-electron chi connectivity index (χ4n) is 6.51. The van der Waals surface area contributed by atoms with Crippen molar-refractivity contribution in [2.75, 3.05) is 7.11 Å². The fourth-order valence-corrected chi connectivity index (χ4v) is 6.51. The number of allylic oxidation sites excluding steroid dienone is 5. The van der Waals surface area contributed by atoms with E-state index in [0.717, 1.165) is 30.1 Å². The smallest absolute Gasteiger partial charge is 0.330 e. The molecule has 0 bridgehead atoms. The van der Waals surface area contributed by atoms with Crippen molar-refractivity contribution in [1.82, 2.24) is 0 Å². The van der Waals surface area contributed by atoms with Gasteiger partial charge in [-0.15, -0.1) is 0 Å². The molecule has 1 aromatic carbocycles. The van der Waals surface area contributed by atoms with E-state index in [4.69, 9.17) is 4.74 Å². The molecule has 0 spiro atoms. The van der Waals surface area contributed by atoms with Gasteiger partial charge in [-0.05, 0) is 59.8 Å². The topological polar surface area (TPSA) is 26.3 Å². The van der Waals surface area contributed by atoms with E-state index in [1.807, 2.05) is 6.08 Å². The van der Waals surface area contributed by atoms with Gasteiger partial charge >= 0.3 is 5.97 Å². The Morgan fingerprint density at radius 2 is 1.88 bits per heavy atom. The third kappa shape index (κ3) is 2.35. The molecule has 4 aliphatic carbocycles. The van der Waals surface area contributed by atoms with E-state index in [1.54, 1.807) is 6.08 Å². The molecule has 134 valence electrons. The Bertz CT molecular complexity index is 775. The SMILES string of the molecule is COC(=O)/C=C/C[C@@H]1[C@H]2C=C[C@@H]3[C@@H]4[C@H]2[C@H]1C[C@H]4C=C[C@H]3c1ccccc1. The average molecular weight is 346 g/mol. The molecule has 4 aliphatic rings. The molecule has 2 saturated carbocycles. The van der Waals surface area contributed by atoms with E-state index in [1.165, 1.54) is 19.1 Å². The van der Waals surface area contributed by atoms with Crippen molar-refractivity contribution < 1.29 is 9.53 Å². The highest BCUT2D eigenvalue weighted by Gasteiger charge is 2.61. The van der Waals surface area contributed by atoms with Gasteiger partial charge in [-0.3, -0.25) is 0 Å². The van der Waals surface area contributed by atoms with E-state index in [2.05, 4.69) is 54.6 Å². The minimum atomic E-state index is -0.242. The molecule has 0 unspecified atom stereocenters. The van der Waals surface area contributed by atoms with E-state index in [9.17, 15) is 4.79 Å². The fraction of sp³-hybridized carbons (Fsp3) is 0.458. The number of hydrogen-bond acceptors (Lipinski definition) is 2. The Balaban J connectivity index is 1.38. The summed E-state index contributed by atoms with van der Waals surface area (Å²) in [7, 11) is 1.44. The number of ether oxygens (including phenoxy) is 1. The van der Waals surface area contributed by atoms with Crippen LogP contribution in [-0.2, 0) is 9.53 Å². The minimum Gasteiger partial charge on any atom is -0.466 e. The van der Waals surface area contributed by atoms with Gasteiger partial charge < -0.3 is 4.74 Å². The third-order valence-electron chi connectivity index (χ3n) is 7.49. The van der Waals surface area contributed by atoms with Crippen LogP contribution in [0.3, 0.4) is 0 Å². The molecule has 2 nitrogen and oxygen atoms in total. The largest absolute Gasteiger partial charge is 0.466 e. The Morgan fingerprint density at radius 1 is 1.08 bits per heavy atom. The molecule has 0 radical (unpaired) electrons. The predicted molar refractivity (Wildman–Crippen MR) is 102 cm³/mol. The van der Waals surface area contributed by atoms with Crippen molar-refractivity contribution >= 4 is 5.97 Å². The quantitative estimate of drug-likeness (QED) is 0.446.